The van der Waals surface area contributed by atoms with Gasteiger partial charge in [0.1, 0.15) is 0 Å². The van der Waals surface area contributed by atoms with Crippen LogP contribution in [0.25, 0.3) is 0 Å². The SMILES string of the molecule is OCC1OC2CC/C=C/CCC2O1. The van der Waals surface area contributed by atoms with Crippen molar-refractivity contribution in [2.75, 3.05) is 6.61 Å². The molecular formula is C10H16O3. The van der Waals surface area contributed by atoms with E-state index in [0.29, 0.717) is 0 Å². The van der Waals surface area contributed by atoms with Gasteiger partial charge in [-0.2, -0.15) is 0 Å². The maximum Gasteiger partial charge on any atom is 0.181 e. The highest BCUT2D eigenvalue weighted by atomic mass is 16.7. The molecule has 3 nitrogen and oxygen atoms in total. The molecule has 1 aliphatic carbocycles. The Kier molecular flexibility index (Phi) is 2.98. The van der Waals surface area contributed by atoms with E-state index in [1.165, 1.54) is 0 Å². The van der Waals surface area contributed by atoms with Crippen LogP contribution in [0.5, 0.6) is 0 Å². The molecule has 1 saturated heterocycles. The van der Waals surface area contributed by atoms with Gasteiger partial charge in [-0.1, -0.05) is 12.2 Å². The normalized spacial score (nSPS) is 42.1. The van der Waals surface area contributed by atoms with Crippen LogP contribution in [0.2, 0.25) is 0 Å². The molecule has 0 spiro atoms. The average molecular weight is 184 g/mol. The van der Waals surface area contributed by atoms with Crippen molar-refractivity contribution in [2.24, 2.45) is 0 Å². The predicted molar refractivity (Wildman–Crippen MR) is 48.2 cm³/mol. The van der Waals surface area contributed by atoms with Gasteiger partial charge < -0.3 is 14.6 Å². The molecule has 0 saturated carbocycles. The van der Waals surface area contributed by atoms with Gasteiger partial charge in [-0.25, -0.2) is 0 Å². The molecule has 0 amide bonds. The van der Waals surface area contributed by atoms with Gasteiger partial charge in [0, 0.05) is 0 Å². The van der Waals surface area contributed by atoms with Gasteiger partial charge in [0.15, 0.2) is 6.29 Å². The molecule has 1 N–H and O–H groups in total. The first-order valence-electron chi connectivity index (χ1n) is 4.97. The lowest BCUT2D eigenvalue weighted by molar-refractivity contribution is -0.0958. The molecule has 1 aliphatic heterocycles. The minimum atomic E-state index is -0.381. The second kappa shape index (κ2) is 4.22. The van der Waals surface area contributed by atoms with Crippen LogP contribution in [0.1, 0.15) is 25.7 Å². The molecule has 0 radical (unpaired) electrons. The number of hydrogen-bond donors (Lipinski definition) is 1. The lowest BCUT2D eigenvalue weighted by atomic mass is 10.0. The molecule has 0 bridgehead atoms. The first-order valence-corrected chi connectivity index (χ1v) is 4.97. The fraction of sp³-hybridized carbons (Fsp3) is 0.800. The maximum absolute atomic E-state index is 8.89. The van der Waals surface area contributed by atoms with Crippen LogP contribution in [-0.4, -0.2) is 30.2 Å². The summed E-state index contributed by atoms with van der Waals surface area (Å²) in [6, 6.07) is 0. The molecule has 0 aromatic carbocycles. The van der Waals surface area contributed by atoms with Crippen molar-refractivity contribution >= 4 is 0 Å². The summed E-state index contributed by atoms with van der Waals surface area (Å²) in [4.78, 5) is 0. The molecule has 2 unspecified atom stereocenters. The summed E-state index contributed by atoms with van der Waals surface area (Å²) in [7, 11) is 0. The largest absolute Gasteiger partial charge is 0.391 e. The molecular weight excluding hydrogens is 168 g/mol. The number of rotatable bonds is 1. The summed E-state index contributed by atoms with van der Waals surface area (Å²) in [6.07, 6.45) is 8.55. The molecule has 2 atom stereocenters. The molecule has 3 heteroatoms. The number of aliphatic hydroxyl groups is 1. The third-order valence-corrected chi connectivity index (χ3v) is 2.62. The quantitative estimate of drug-likeness (QED) is 0.623. The summed E-state index contributed by atoms with van der Waals surface area (Å²) < 4.78 is 11.1. The minimum Gasteiger partial charge on any atom is -0.391 e. The first kappa shape index (κ1) is 9.19. The zero-order chi connectivity index (χ0) is 9.10. The van der Waals surface area contributed by atoms with Gasteiger partial charge in [0.05, 0.1) is 18.8 Å². The minimum absolute atomic E-state index is 0.0274. The van der Waals surface area contributed by atoms with E-state index in [1.54, 1.807) is 0 Å². The fourth-order valence-electron chi connectivity index (χ4n) is 1.95. The molecule has 2 rings (SSSR count). The smallest absolute Gasteiger partial charge is 0.181 e. The van der Waals surface area contributed by atoms with Crippen LogP contribution in [0.4, 0.5) is 0 Å². The van der Waals surface area contributed by atoms with Crippen molar-refractivity contribution in [1.29, 1.82) is 0 Å². The summed E-state index contributed by atoms with van der Waals surface area (Å²) in [5.74, 6) is 0. The zero-order valence-electron chi connectivity index (χ0n) is 7.69. The highest BCUT2D eigenvalue weighted by Crippen LogP contribution is 2.27. The Bertz CT molecular complexity index is 173. The van der Waals surface area contributed by atoms with E-state index in [0.717, 1.165) is 25.7 Å². The molecule has 0 aromatic heterocycles. The van der Waals surface area contributed by atoms with Crippen LogP contribution in [0, 0.1) is 0 Å². The van der Waals surface area contributed by atoms with E-state index in [4.69, 9.17) is 14.6 Å². The Balaban J connectivity index is 1.95. The second-order valence-corrected chi connectivity index (χ2v) is 3.59. The highest BCUT2D eigenvalue weighted by molar-refractivity contribution is 4.90. The molecule has 0 aromatic rings. The number of allylic oxidation sites excluding steroid dienone is 2. The van der Waals surface area contributed by atoms with Crippen molar-refractivity contribution in [3.63, 3.8) is 0 Å². The van der Waals surface area contributed by atoms with Gasteiger partial charge in [0.2, 0.25) is 0 Å². The van der Waals surface area contributed by atoms with Crippen molar-refractivity contribution in [2.45, 2.75) is 44.2 Å². The Labute approximate surface area is 78.3 Å². The van der Waals surface area contributed by atoms with Crippen LogP contribution in [-0.2, 0) is 9.47 Å². The Morgan fingerprint density at radius 2 is 1.62 bits per heavy atom. The number of hydrogen-bond acceptors (Lipinski definition) is 3. The third-order valence-electron chi connectivity index (χ3n) is 2.62. The van der Waals surface area contributed by atoms with E-state index < -0.39 is 0 Å². The maximum atomic E-state index is 8.89. The lowest BCUT2D eigenvalue weighted by Gasteiger charge is -2.16. The van der Waals surface area contributed by atoms with Crippen molar-refractivity contribution < 1.29 is 14.6 Å². The van der Waals surface area contributed by atoms with E-state index >= 15 is 0 Å². The molecule has 2 aliphatic rings. The van der Waals surface area contributed by atoms with Crippen molar-refractivity contribution in [3.05, 3.63) is 12.2 Å². The predicted octanol–water partition coefficient (Wildman–Crippen LogP) is 1.22. The standard InChI is InChI=1S/C10H16O3/c11-7-10-12-8-5-3-1-2-4-6-9(8)13-10/h1-2,8-11H,3-7H2/b2-1+. The van der Waals surface area contributed by atoms with E-state index in [2.05, 4.69) is 12.2 Å². The van der Waals surface area contributed by atoms with Gasteiger partial charge >= 0.3 is 0 Å². The number of aliphatic hydroxyl groups excluding tert-OH is 1. The van der Waals surface area contributed by atoms with Crippen LogP contribution in [0.15, 0.2) is 12.2 Å². The number of fused-ring (bicyclic) bond motifs is 1. The van der Waals surface area contributed by atoms with E-state index in [1.807, 2.05) is 0 Å². The molecule has 13 heavy (non-hydrogen) atoms. The van der Waals surface area contributed by atoms with Crippen LogP contribution >= 0.6 is 0 Å². The number of ether oxygens (including phenoxy) is 2. The molecule has 1 heterocycles. The summed E-state index contributed by atoms with van der Waals surface area (Å²) in [5, 5.41) is 8.89. The monoisotopic (exact) mass is 184 g/mol. The Morgan fingerprint density at radius 1 is 1.08 bits per heavy atom. The van der Waals surface area contributed by atoms with E-state index in [9.17, 15) is 0 Å². The lowest BCUT2D eigenvalue weighted by Crippen LogP contribution is -2.22. The Hall–Kier alpha value is -0.380. The summed E-state index contributed by atoms with van der Waals surface area (Å²) in [6.45, 7) is -0.0274. The highest BCUT2D eigenvalue weighted by Gasteiger charge is 2.34. The van der Waals surface area contributed by atoms with Crippen LogP contribution < -0.4 is 0 Å². The molecule has 1 fully saturated rings. The van der Waals surface area contributed by atoms with Gasteiger partial charge in [-0.15, -0.1) is 0 Å². The van der Waals surface area contributed by atoms with Gasteiger partial charge in [-0.05, 0) is 25.7 Å². The molecule has 74 valence electrons. The van der Waals surface area contributed by atoms with E-state index in [-0.39, 0.29) is 25.1 Å². The second-order valence-electron chi connectivity index (χ2n) is 3.59. The topological polar surface area (TPSA) is 38.7 Å². The van der Waals surface area contributed by atoms with Gasteiger partial charge in [0.25, 0.3) is 0 Å². The first-order chi connectivity index (χ1) is 6.40. The van der Waals surface area contributed by atoms with Crippen molar-refractivity contribution in [1.82, 2.24) is 0 Å². The average Bonchev–Trinajstić information content (AvgIpc) is 2.47. The fourth-order valence-corrected chi connectivity index (χ4v) is 1.95. The van der Waals surface area contributed by atoms with Crippen LogP contribution in [0.3, 0.4) is 0 Å². The van der Waals surface area contributed by atoms with Gasteiger partial charge in [-0.3, -0.25) is 0 Å². The third kappa shape index (κ3) is 2.10. The van der Waals surface area contributed by atoms with Crippen molar-refractivity contribution in [3.8, 4) is 0 Å². The summed E-state index contributed by atoms with van der Waals surface area (Å²) in [5.41, 5.74) is 0. The zero-order valence-corrected chi connectivity index (χ0v) is 7.69. The summed E-state index contributed by atoms with van der Waals surface area (Å²) >= 11 is 0. The Morgan fingerprint density at radius 3 is 2.08 bits per heavy atom.